The summed E-state index contributed by atoms with van der Waals surface area (Å²) >= 11 is 0. The highest BCUT2D eigenvalue weighted by atomic mass is 32.2. The Morgan fingerprint density at radius 2 is 1.89 bits per heavy atom. The van der Waals surface area contributed by atoms with Crippen molar-refractivity contribution in [3.63, 3.8) is 0 Å². The van der Waals surface area contributed by atoms with E-state index < -0.39 is 16.1 Å². The lowest BCUT2D eigenvalue weighted by molar-refractivity contribution is -0.131. The quantitative estimate of drug-likeness (QED) is 0.444. The predicted octanol–water partition coefficient (Wildman–Crippen LogP) is 3.40. The molecule has 180 valence electrons. The molecule has 0 saturated carbocycles. The summed E-state index contributed by atoms with van der Waals surface area (Å²) in [5.41, 5.74) is 7.51. The van der Waals surface area contributed by atoms with Crippen LogP contribution in [0.25, 0.3) is 21.7 Å². The van der Waals surface area contributed by atoms with Crippen molar-refractivity contribution in [2.75, 3.05) is 26.4 Å². The number of likely N-dealkylation sites (N-methyl/N-ethyl adjacent to an activating group) is 1. The molecule has 1 saturated heterocycles. The van der Waals surface area contributed by atoms with Crippen LogP contribution in [0.5, 0.6) is 5.75 Å². The molecule has 0 radical (unpaired) electrons. The number of methoxy groups -OCH3 is 1. The maximum atomic E-state index is 13.4. The Labute approximate surface area is 204 Å². The van der Waals surface area contributed by atoms with Crippen molar-refractivity contribution in [3.05, 3.63) is 72.3 Å². The number of amides is 1. The third-order valence-corrected chi connectivity index (χ3v) is 8.47. The molecule has 1 fully saturated rings. The Balaban J connectivity index is 1.38. The lowest BCUT2D eigenvalue weighted by atomic mass is 10.1. The van der Waals surface area contributed by atoms with Crippen molar-refractivity contribution in [3.8, 4) is 5.75 Å². The van der Waals surface area contributed by atoms with Gasteiger partial charge in [-0.05, 0) is 65.2 Å². The average molecular weight is 491 g/mol. The van der Waals surface area contributed by atoms with E-state index in [0.717, 1.165) is 27.2 Å². The number of hydrogen-bond acceptors (Lipinski definition) is 6. The number of ether oxygens (including phenoxy) is 1. The van der Waals surface area contributed by atoms with Gasteiger partial charge in [-0.3, -0.25) is 4.79 Å². The van der Waals surface area contributed by atoms with E-state index in [0.29, 0.717) is 31.1 Å². The first-order valence-corrected chi connectivity index (χ1v) is 12.7. The van der Waals surface area contributed by atoms with Crippen LogP contribution in [-0.4, -0.2) is 55.3 Å². The van der Waals surface area contributed by atoms with Gasteiger partial charge >= 0.3 is 0 Å². The van der Waals surface area contributed by atoms with E-state index in [2.05, 4.69) is 4.98 Å². The number of nitrogen functional groups attached to an aromatic ring is 1. The minimum atomic E-state index is -3.88. The topological polar surface area (TPSA) is 106 Å². The van der Waals surface area contributed by atoms with E-state index in [1.165, 1.54) is 11.4 Å². The highest BCUT2D eigenvalue weighted by molar-refractivity contribution is 7.89. The molecule has 4 aromatic rings. The first-order valence-electron chi connectivity index (χ1n) is 11.3. The van der Waals surface area contributed by atoms with E-state index in [9.17, 15) is 13.2 Å². The van der Waals surface area contributed by atoms with Crippen LogP contribution in [0, 0.1) is 0 Å². The number of aromatic nitrogens is 1. The van der Waals surface area contributed by atoms with Gasteiger partial charge in [-0.15, -0.1) is 0 Å². The molecule has 35 heavy (non-hydrogen) atoms. The molecule has 3 aromatic carbocycles. The van der Waals surface area contributed by atoms with E-state index in [1.54, 1.807) is 42.3 Å². The van der Waals surface area contributed by atoms with Crippen molar-refractivity contribution in [2.45, 2.75) is 23.9 Å². The highest BCUT2D eigenvalue weighted by Gasteiger charge is 2.39. The summed E-state index contributed by atoms with van der Waals surface area (Å²) in [6.07, 6.45) is 0.423. The fraction of sp³-hybridized carbons (Fsp3) is 0.231. The van der Waals surface area contributed by atoms with Gasteiger partial charge in [-0.1, -0.05) is 24.3 Å². The maximum absolute atomic E-state index is 13.4. The van der Waals surface area contributed by atoms with Gasteiger partial charge in [0, 0.05) is 25.5 Å². The van der Waals surface area contributed by atoms with E-state index in [1.807, 2.05) is 36.4 Å². The van der Waals surface area contributed by atoms with Crippen molar-refractivity contribution in [1.82, 2.24) is 14.2 Å². The van der Waals surface area contributed by atoms with E-state index in [4.69, 9.17) is 10.5 Å². The molecular formula is C26H26N4O4S. The molecule has 1 aromatic heterocycles. The zero-order chi connectivity index (χ0) is 24.7. The number of nitrogens with zero attached hydrogens (tertiary/aromatic N) is 3. The monoisotopic (exact) mass is 490 g/mol. The minimum Gasteiger partial charge on any atom is -0.497 e. The maximum Gasteiger partial charge on any atom is 0.243 e. The van der Waals surface area contributed by atoms with Crippen LogP contribution >= 0.6 is 0 Å². The van der Waals surface area contributed by atoms with Gasteiger partial charge in [-0.2, -0.15) is 4.31 Å². The lowest BCUT2D eigenvalue weighted by Gasteiger charge is -2.24. The van der Waals surface area contributed by atoms with Crippen molar-refractivity contribution >= 4 is 43.4 Å². The van der Waals surface area contributed by atoms with Gasteiger partial charge < -0.3 is 15.4 Å². The average Bonchev–Trinajstić information content (AvgIpc) is 3.22. The van der Waals surface area contributed by atoms with Crippen LogP contribution in [0.1, 0.15) is 12.0 Å². The molecular weight excluding hydrogens is 464 g/mol. The highest BCUT2D eigenvalue weighted by Crippen LogP contribution is 2.29. The summed E-state index contributed by atoms with van der Waals surface area (Å²) < 4.78 is 33.3. The second-order valence-corrected chi connectivity index (χ2v) is 10.7. The minimum absolute atomic E-state index is 0.143. The summed E-state index contributed by atoms with van der Waals surface area (Å²) in [4.78, 5) is 19.5. The van der Waals surface area contributed by atoms with Crippen molar-refractivity contribution in [2.24, 2.45) is 0 Å². The molecule has 0 spiro atoms. The van der Waals surface area contributed by atoms with Gasteiger partial charge in [0.25, 0.3) is 0 Å². The second kappa shape index (κ2) is 8.83. The molecule has 9 heteroatoms. The summed E-state index contributed by atoms with van der Waals surface area (Å²) in [7, 11) is -0.840. The van der Waals surface area contributed by atoms with Gasteiger partial charge in [0.05, 0.1) is 17.5 Å². The van der Waals surface area contributed by atoms with Gasteiger partial charge in [-0.25, -0.2) is 13.4 Å². The fourth-order valence-corrected chi connectivity index (χ4v) is 6.00. The summed E-state index contributed by atoms with van der Waals surface area (Å²) in [6, 6.07) is 19.0. The fourth-order valence-electron chi connectivity index (χ4n) is 4.62. The number of hydrogen-bond donors (Lipinski definition) is 1. The number of likely N-dealkylation sites (tertiary alicyclic amines) is 1. The summed E-state index contributed by atoms with van der Waals surface area (Å²) in [6.45, 7) is 0.846. The number of anilines is 1. The first kappa shape index (κ1) is 23.1. The third kappa shape index (κ3) is 4.17. The van der Waals surface area contributed by atoms with E-state index >= 15 is 0 Å². The Bertz CT molecular complexity index is 1550. The number of pyridine rings is 1. The Morgan fingerprint density at radius 1 is 1.09 bits per heavy atom. The molecule has 5 rings (SSSR count). The van der Waals surface area contributed by atoms with Gasteiger partial charge in [0.2, 0.25) is 15.9 Å². The third-order valence-electron chi connectivity index (χ3n) is 6.61. The lowest BCUT2D eigenvalue weighted by Crippen LogP contribution is -2.42. The molecule has 0 bridgehead atoms. The molecule has 1 atom stereocenters. The first-order chi connectivity index (χ1) is 16.8. The van der Waals surface area contributed by atoms with Crippen LogP contribution in [0.3, 0.4) is 0 Å². The van der Waals surface area contributed by atoms with Gasteiger partial charge in [0.1, 0.15) is 17.6 Å². The largest absolute Gasteiger partial charge is 0.497 e. The number of fused-ring (bicyclic) bond motifs is 2. The number of carbonyl (C=O) groups excluding carboxylic acids is 1. The summed E-state index contributed by atoms with van der Waals surface area (Å²) in [5.74, 6) is 0.873. The Kier molecular flexibility index (Phi) is 5.82. The molecule has 2 N–H and O–H groups in total. The molecule has 8 nitrogen and oxygen atoms in total. The molecule has 0 aliphatic carbocycles. The Hall–Kier alpha value is -3.69. The van der Waals surface area contributed by atoms with E-state index in [-0.39, 0.29) is 10.8 Å². The smallest absolute Gasteiger partial charge is 0.243 e. The van der Waals surface area contributed by atoms with Crippen LogP contribution < -0.4 is 10.5 Å². The standard InChI is InChI=1S/C26H26N4O4S/c1-29(35(32,33)21-9-7-17-6-8-20(34-2)14-19(17)15-21)24-12-13-30(26(24)31)16-18-4-3-5-23-22(18)10-11-25(27)28-23/h3-11,14-15,24H,12-13,16H2,1-2H3,(H2,27,28)/t24-/m0/s1. The number of sulfonamides is 1. The molecule has 0 unspecified atom stereocenters. The molecule has 1 amide bonds. The second-order valence-electron chi connectivity index (χ2n) is 8.68. The van der Waals surface area contributed by atoms with Crippen LogP contribution in [0.4, 0.5) is 5.82 Å². The zero-order valence-corrected chi connectivity index (χ0v) is 20.3. The number of rotatable bonds is 6. The molecule has 1 aliphatic rings. The number of nitrogens with two attached hydrogens (primary N) is 1. The SMILES string of the molecule is COc1ccc2ccc(S(=O)(=O)N(C)[C@H]3CCN(Cc4cccc5nc(N)ccc45)C3=O)cc2c1. The molecule has 1 aliphatic heterocycles. The normalized spacial score (nSPS) is 16.5. The molecule has 2 heterocycles. The van der Waals surface area contributed by atoms with Gasteiger partial charge in [0.15, 0.2) is 0 Å². The van der Waals surface area contributed by atoms with Crippen LogP contribution in [0.2, 0.25) is 0 Å². The van der Waals surface area contributed by atoms with Crippen molar-refractivity contribution < 1.29 is 17.9 Å². The predicted molar refractivity (Wildman–Crippen MR) is 135 cm³/mol. The number of carbonyl (C=O) groups is 1. The Morgan fingerprint density at radius 3 is 2.69 bits per heavy atom. The summed E-state index contributed by atoms with van der Waals surface area (Å²) in [5, 5.41) is 2.58. The zero-order valence-electron chi connectivity index (χ0n) is 19.5. The van der Waals surface area contributed by atoms with Crippen molar-refractivity contribution in [1.29, 1.82) is 0 Å². The van der Waals surface area contributed by atoms with Crippen LogP contribution in [-0.2, 0) is 21.4 Å². The number of benzene rings is 3. The van der Waals surface area contributed by atoms with Crippen LogP contribution in [0.15, 0.2) is 71.6 Å².